The van der Waals surface area contributed by atoms with Crippen LogP contribution in [0.4, 0.5) is 8.78 Å². The summed E-state index contributed by atoms with van der Waals surface area (Å²) in [6.07, 6.45) is 2.66. The van der Waals surface area contributed by atoms with E-state index in [1.807, 2.05) is 32.0 Å². The molecule has 0 saturated heterocycles. The van der Waals surface area contributed by atoms with Crippen molar-refractivity contribution in [2.45, 2.75) is 39.7 Å². The van der Waals surface area contributed by atoms with E-state index in [1.54, 1.807) is 28.3 Å². The lowest BCUT2D eigenvalue weighted by atomic mass is 9.98. The molecule has 0 radical (unpaired) electrons. The molecule has 8 heteroatoms. The Labute approximate surface area is 190 Å². The highest BCUT2D eigenvalue weighted by molar-refractivity contribution is 5.97. The van der Waals surface area contributed by atoms with E-state index in [2.05, 4.69) is 10.2 Å². The van der Waals surface area contributed by atoms with Crippen molar-refractivity contribution >= 4 is 11.4 Å². The number of nitrogens with zero attached hydrogens (tertiary/aromatic N) is 5. The maximum atomic E-state index is 14.6. The van der Waals surface area contributed by atoms with Gasteiger partial charge in [-0.25, -0.2) is 13.3 Å². The summed E-state index contributed by atoms with van der Waals surface area (Å²) in [7, 11) is 1.88. The van der Waals surface area contributed by atoms with Crippen molar-refractivity contribution in [1.29, 1.82) is 0 Å². The van der Waals surface area contributed by atoms with E-state index in [0.717, 1.165) is 17.0 Å². The van der Waals surface area contributed by atoms with Gasteiger partial charge in [0.25, 0.3) is 5.91 Å². The summed E-state index contributed by atoms with van der Waals surface area (Å²) in [5.41, 5.74) is 4.74. The molecule has 170 valence electrons. The van der Waals surface area contributed by atoms with Crippen LogP contribution in [0.3, 0.4) is 0 Å². The number of halogens is 2. The van der Waals surface area contributed by atoms with Crippen LogP contribution in [0, 0.1) is 18.6 Å². The second-order valence-electron chi connectivity index (χ2n) is 8.89. The van der Waals surface area contributed by atoms with E-state index < -0.39 is 11.6 Å². The van der Waals surface area contributed by atoms with Gasteiger partial charge in [-0.2, -0.15) is 10.2 Å². The number of hydrogen-bond acceptors (Lipinski definition) is 3. The van der Waals surface area contributed by atoms with Crippen LogP contribution in [0.25, 0.3) is 16.6 Å². The Morgan fingerprint density at radius 1 is 1.06 bits per heavy atom. The zero-order valence-electron chi connectivity index (χ0n) is 19.1. The smallest absolute Gasteiger partial charge is 0.256 e. The van der Waals surface area contributed by atoms with Crippen LogP contribution >= 0.6 is 0 Å². The van der Waals surface area contributed by atoms with E-state index in [9.17, 15) is 13.6 Å². The van der Waals surface area contributed by atoms with Gasteiger partial charge in [-0.1, -0.05) is 19.9 Å². The van der Waals surface area contributed by atoms with Gasteiger partial charge in [-0.05, 0) is 37.1 Å². The van der Waals surface area contributed by atoms with Crippen molar-refractivity contribution in [3.8, 4) is 11.1 Å². The molecule has 1 aliphatic rings. The molecular weight excluding hydrogens is 424 g/mol. The van der Waals surface area contributed by atoms with E-state index in [-0.39, 0.29) is 17.4 Å². The molecular formula is C25H25F2N5O. The fourth-order valence-electron chi connectivity index (χ4n) is 4.82. The number of fused-ring (bicyclic) bond motifs is 2. The largest absolute Gasteiger partial charge is 0.334 e. The SMILES string of the molecule is Cc1nn2c(C(C)C)c(C(=O)N3CCc4nn(C)cc4C3)ccc2c1-c1c(F)cccc1F. The van der Waals surface area contributed by atoms with Gasteiger partial charge in [0.2, 0.25) is 0 Å². The minimum atomic E-state index is -0.639. The molecule has 1 amide bonds. The number of rotatable bonds is 3. The van der Waals surface area contributed by atoms with E-state index in [4.69, 9.17) is 0 Å². The second-order valence-corrected chi connectivity index (χ2v) is 8.89. The third-order valence-electron chi connectivity index (χ3n) is 6.26. The Hall–Kier alpha value is -3.55. The first-order valence-electron chi connectivity index (χ1n) is 11.0. The Kier molecular flexibility index (Phi) is 5.03. The lowest BCUT2D eigenvalue weighted by Crippen LogP contribution is -2.36. The Morgan fingerprint density at radius 3 is 2.48 bits per heavy atom. The van der Waals surface area contributed by atoms with Gasteiger partial charge in [0.05, 0.1) is 33.7 Å². The van der Waals surface area contributed by atoms with E-state index >= 15 is 0 Å². The zero-order valence-corrected chi connectivity index (χ0v) is 19.1. The lowest BCUT2D eigenvalue weighted by molar-refractivity contribution is 0.0732. The van der Waals surface area contributed by atoms with Crippen LogP contribution in [0.1, 0.15) is 52.8 Å². The van der Waals surface area contributed by atoms with Crippen LogP contribution < -0.4 is 0 Å². The van der Waals surface area contributed by atoms with Crippen molar-refractivity contribution in [3.63, 3.8) is 0 Å². The monoisotopic (exact) mass is 449 g/mol. The average Bonchev–Trinajstić information content (AvgIpc) is 3.30. The molecule has 0 bridgehead atoms. The first kappa shape index (κ1) is 21.3. The molecule has 0 spiro atoms. The van der Waals surface area contributed by atoms with Crippen LogP contribution in [-0.2, 0) is 20.0 Å². The van der Waals surface area contributed by atoms with Crippen molar-refractivity contribution in [2.75, 3.05) is 6.54 Å². The maximum absolute atomic E-state index is 14.6. The number of amides is 1. The summed E-state index contributed by atoms with van der Waals surface area (Å²) in [6, 6.07) is 7.32. The quantitative estimate of drug-likeness (QED) is 0.458. The molecule has 6 nitrogen and oxygen atoms in total. The van der Waals surface area contributed by atoms with Crippen LogP contribution in [-0.4, -0.2) is 36.7 Å². The van der Waals surface area contributed by atoms with Gasteiger partial charge in [-0.15, -0.1) is 0 Å². The number of carbonyl (C=O) groups excluding carboxylic acids is 1. The van der Waals surface area contributed by atoms with Crippen molar-refractivity contribution in [1.82, 2.24) is 24.3 Å². The third-order valence-corrected chi connectivity index (χ3v) is 6.26. The summed E-state index contributed by atoms with van der Waals surface area (Å²) in [4.78, 5) is 15.4. The minimum Gasteiger partial charge on any atom is -0.334 e. The van der Waals surface area contributed by atoms with Gasteiger partial charge in [0.1, 0.15) is 11.6 Å². The predicted octanol–water partition coefficient (Wildman–Crippen LogP) is 4.64. The fraction of sp³-hybridized carbons (Fsp3) is 0.320. The van der Waals surface area contributed by atoms with Crippen LogP contribution in [0.2, 0.25) is 0 Å². The molecule has 5 rings (SSSR count). The molecule has 0 unspecified atom stereocenters. The van der Waals surface area contributed by atoms with Crippen molar-refractivity contribution in [2.24, 2.45) is 7.05 Å². The molecule has 1 aliphatic heterocycles. The molecule has 4 aromatic rings. The molecule has 4 heterocycles. The summed E-state index contributed by atoms with van der Waals surface area (Å²) >= 11 is 0. The number of aryl methyl sites for hydroxylation is 2. The zero-order chi connectivity index (χ0) is 23.4. The average molecular weight is 450 g/mol. The van der Waals surface area contributed by atoms with Crippen LogP contribution in [0.15, 0.2) is 36.5 Å². The van der Waals surface area contributed by atoms with Crippen molar-refractivity contribution in [3.05, 3.63) is 76.4 Å². The topological polar surface area (TPSA) is 55.4 Å². The van der Waals surface area contributed by atoms with Crippen molar-refractivity contribution < 1.29 is 13.6 Å². The summed E-state index contributed by atoms with van der Waals surface area (Å²) in [5, 5.41) is 9.08. The molecule has 33 heavy (non-hydrogen) atoms. The Balaban J connectivity index is 1.63. The molecule has 0 fully saturated rings. The fourth-order valence-corrected chi connectivity index (χ4v) is 4.82. The number of carbonyl (C=O) groups is 1. The molecule has 0 N–H and O–H groups in total. The lowest BCUT2D eigenvalue weighted by Gasteiger charge is -2.27. The second kappa shape index (κ2) is 7.79. The molecule has 3 aromatic heterocycles. The standard InChI is InChI=1S/C25H25F2N5O/c1-14(2)24-17(25(33)31-11-10-20-16(13-31)12-30(4)29-20)8-9-21-22(15(3)28-32(21)24)23-18(26)6-5-7-19(23)27/h5-9,12,14H,10-11,13H2,1-4H3. The molecule has 0 atom stereocenters. The first-order chi connectivity index (χ1) is 15.8. The minimum absolute atomic E-state index is 0.0380. The number of aromatic nitrogens is 4. The highest BCUT2D eigenvalue weighted by atomic mass is 19.1. The molecule has 0 saturated carbocycles. The van der Waals surface area contributed by atoms with E-state index in [1.165, 1.54) is 18.2 Å². The summed E-state index contributed by atoms with van der Waals surface area (Å²) in [5.74, 6) is -1.40. The first-order valence-corrected chi connectivity index (χ1v) is 11.0. The predicted molar refractivity (Wildman–Crippen MR) is 121 cm³/mol. The Morgan fingerprint density at radius 2 is 1.79 bits per heavy atom. The third kappa shape index (κ3) is 3.41. The summed E-state index contributed by atoms with van der Waals surface area (Å²) < 4.78 is 32.7. The normalized spacial score (nSPS) is 13.7. The van der Waals surface area contributed by atoms with Gasteiger partial charge in [-0.3, -0.25) is 9.48 Å². The van der Waals surface area contributed by atoms with Gasteiger partial charge in [0, 0.05) is 43.9 Å². The maximum Gasteiger partial charge on any atom is 0.256 e. The molecule has 1 aromatic carbocycles. The highest BCUT2D eigenvalue weighted by Gasteiger charge is 2.29. The number of benzene rings is 1. The van der Waals surface area contributed by atoms with Gasteiger partial charge in [0.15, 0.2) is 0 Å². The number of hydrogen-bond donors (Lipinski definition) is 0. The van der Waals surface area contributed by atoms with Crippen LogP contribution in [0.5, 0.6) is 0 Å². The van der Waals surface area contributed by atoms with E-state index in [0.29, 0.717) is 41.8 Å². The Bertz CT molecular complexity index is 1380. The molecule has 0 aliphatic carbocycles. The number of pyridine rings is 1. The van der Waals surface area contributed by atoms with Gasteiger partial charge < -0.3 is 4.90 Å². The highest BCUT2D eigenvalue weighted by Crippen LogP contribution is 2.35. The van der Waals surface area contributed by atoms with Gasteiger partial charge >= 0.3 is 0 Å². The summed E-state index contributed by atoms with van der Waals surface area (Å²) in [6.45, 7) is 6.79.